The quantitative estimate of drug-likeness (QED) is 0.300. The van der Waals surface area contributed by atoms with Crippen molar-refractivity contribution in [1.82, 2.24) is 0 Å². The number of rotatable bonds is 7. The van der Waals surface area contributed by atoms with E-state index in [1.807, 2.05) is 0 Å². The van der Waals surface area contributed by atoms with E-state index in [9.17, 15) is 15.3 Å². The third-order valence-electron chi connectivity index (χ3n) is 14.8. The molecule has 0 amide bonds. The van der Waals surface area contributed by atoms with E-state index in [1.165, 1.54) is 70.6 Å². The molecule has 38 heavy (non-hydrogen) atoms. The Hall–Kier alpha value is -0.160. The van der Waals surface area contributed by atoms with Gasteiger partial charge < -0.3 is 21.1 Å². The van der Waals surface area contributed by atoms with E-state index in [0.717, 1.165) is 41.9 Å². The molecular formula is C34H61NO3. The second kappa shape index (κ2) is 10.3. The van der Waals surface area contributed by atoms with Crippen LogP contribution in [0.5, 0.6) is 0 Å². The van der Waals surface area contributed by atoms with Gasteiger partial charge in [0.2, 0.25) is 0 Å². The van der Waals surface area contributed by atoms with E-state index >= 15 is 0 Å². The molecule has 5 aliphatic carbocycles. The molecule has 0 aromatic carbocycles. The lowest BCUT2D eigenvalue weighted by molar-refractivity contribution is -0.227. The Balaban J connectivity index is 1.29. The summed E-state index contributed by atoms with van der Waals surface area (Å²) in [6.45, 7) is 15.7. The molecule has 13 unspecified atom stereocenters. The SMILES string of the molecule is CC(CCC(O)C(O)C(O)CN)C1CCC2C1CCC1(C)C2CCC2C3(C)CCCC(C)(C)C3CCC21C. The fourth-order valence-corrected chi connectivity index (χ4v) is 12.7. The number of fused-ring (bicyclic) bond motifs is 7. The third-order valence-corrected chi connectivity index (χ3v) is 14.8. The molecule has 5 aliphatic rings. The number of aliphatic hydroxyl groups is 3. The van der Waals surface area contributed by atoms with E-state index in [1.54, 1.807) is 0 Å². The van der Waals surface area contributed by atoms with Crippen LogP contribution in [0.25, 0.3) is 0 Å². The zero-order chi connectivity index (χ0) is 27.7. The maximum Gasteiger partial charge on any atom is 0.107 e. The van der Waals surface area contributed by atoms with Crippen molar-refractivity contribution >= 4 is 0 Å². The van der Waals surface area contributed by atoms with E-state index in [0.29, 0.717) is 34.0 Å². The Morgan fingerprint density at radius 3 is 2.13 bits per heavy atom. The first-order valence-corrected chi connectivity index (χ1v) is 16.5. The molecule has 13 atom stereocenters. The van der Waals surface area contributed by atoms with Crippen molar-refractivity contribution in [3.8, 4) is 0 Å². The lowest BCUT2D eigenvalue weighted by Crippen LogP contribution is -2.64. The number of nitrogens with two attached hydrogens (primary N) is 1. The first kappa shape index (κ1) is 29.3. The van der Waals surface area contributed by atoms with Gasteiger partial charge in [-0.05, 0) is 140 Å². The summed E-state index contributed by atoms with van der Waals surface area (Å²) in [4.78, 5) is 0. The number of aliphatic hydroxyl groups excluding tert-OH is 3. The lowest BCUT2D eigenvalue weighted by atomic mass is 9.33. The molecule has 220 valence electrons. The third kappa shape index (κ3) is 4.36. The van der Waals surface area contributed by atoms with Crippen molar-refractivity contribution < 1.29 is 15.3 Å². The molecule has 5 rings (SSSR count). The Morgan fingerprint density at radius 2 is 1.42 bits per heavy atom. The second-order valence-corrected chi connectivity index (χ2v) is 16.5. The second-order valence-electron chi connectivity index (χ2n) is 16.5. The molecular weight excluding hydrogens is 470 g/mol. The van der Waals surface area contributed by atoms with Crippen molar-refractivity contribution in [3.63, 3.8) is 0 Å². The highest BCUT2D eigenvalue weighted by Crippen LogP contribution is 2.75. The maximum absolute atomic E-state index is 10.4. The van der Waals surface area contributed by atoms with Crippen LogP contribution in [0.15, 0.2) is 0 Å². The summed E-state index contributed by atoms with van der Waals surface area (Å²) < 4.78 is 0. The van der Waals surface area contributed by atoms with Gasteiger partial charge in [0.05, 0.1) is 12.2 Å². The molecule has 0 radical (unpaired) electrons. The van der Waals surface area contributed by atoms with Crippen LogP contribution >= 0.6 is 0 Å². The molecule has 5 N–H and O–H groups in total. The van der Waals surface area contributed by atoms with Crippen molar-refractivity contribution in [2.75, 3.05) is 6.54 Å². The monoisotopic (exact) mass is 531 g/mol. The average molecular weight is 532 g/mol. The molecule has 0 aromatic rings. The normalized spacial score (nSPS) is 49.1. The Kier molecular flexibility index (Phi) is 7.94. The van der Waals surface area contributed by atoms with Gasteiger partial charge >= 0.3 is 0 Å². The van der Waals surface area contributed by atoms with Crippen LogP contribution in [0.1, 0.15) is 125 Å². The van der Waals surface area contributed by atoms with Crippen LogP contribution < -0.4 is 5.73 Å². The maximum atomic E-state index is 10.4. The molecule has 0 aromatic heterocycles. The molecule has 0 bridgehead atoms. The molecule has 5 fully saturated rings. The molecule has 0 saturated heterocycles. The van der Waals surface area contributed by atoms with E-state index in [4.69, 9.17) is 5.73 Å². The minimum atomic E-state index is -1.14. The summed E-state index contributed by atoms with van der Waals surface area (Å²) in [5.74, 6) is 5.67. The van der Waals surface area contributed by atoms with Crippen LogP contribution in [0.3, 0.4) is 0 Å². The van der Waals surface area contributed by atoms with Gasteiger partial charge in [0, 0.05) is 6.54 Å². The Labute approximate surface area is 233 Å². The zero-order valence-corrected chi connectivity index (χ0v) is 25.6. The minimum absolute atomic E-state index is 0.0162. The van der Waals surface area contributed by atoms with Crippen LogP contribution in [-0.2, 0) is 0 Å². The summed E-state index contributed by atoms with van der Waals surface area (Å²) in [5.41, 5.74) is 7.47. The highest BCUT2D eigenvalue weighted by atomic mass is 16.4. The summed E-state index contributed by atoms with van der Waals surface area (Å²) in [6.07, 6.45) is 14.0. The van der Waals surface area contributed by atoms with Crippen molar-refractivity contribution in [2.45, 2.75) is 143 Å². The lowest BCUT2D eigenvalue weighted by Gasteiger charge is -2.71. The van der Waals surface area contributed by atoms with E-state index in [2.05, 4.69) is 41.5 Å². The van der Waals surface area contributed by atoms with Crippen molar-refractivity contribution in [2.24, 2.45) is 68.8 Å². The van der Waals surface area contributed by atoms with Crippen LogP contribution in [-0.4, -0.2) is 40.2 Å². The van der Waals surface area contributed by atoms with Crippen LogP contribution in [0.4, 0.5) is 0 Å². The molecule has 5 saturated carbocycles. The van der Waals surface area contributed by atoms with Crippen LogP contribution in [0.2, 0.25) is 0 Å². The number of hydrogen-bond acceptors (Lipinski definition) is 4. The van der Waals surface area contributed by atoms with Gasteiger partial charge in [-0.2, -0.15) is 0 Å². The fraction of sp³-hybridized carbons (Fsp3) is 1.00. The van der Waals surface area contributed by atoms with E-state index < -0.39 is 18.3 Å². The van der Waals surface area contributed by atoms with Gasteiger partial charge in [0.1, 0.15) is 6.10 Å². The molecule has 4 heteroatoms. The van der Waals surface area contributed by atoms with Gasteiger partial charge in [0.25, 0.3) is 0 Å². The minimum Gasteiger partial charge on any atom is -0.390 e. The molecule has 0 aliphatic heterocycles. The van der Waals surface area contributed by atoms with E-state index in [-0.39, 0.29) is 6.54 Å². The Bertz CT molecular complexity index is 846. The summed E-state index contributed by atoms with van der Waals surface area (Å²) in [7, 11) is 0. The van der Waals surface area contributed by atoms with Gasteiger partial charge in [0.15, 0.2) is 0 Å². The van der Waals surface area contributed by atoms with Crippen LogP contribution in [0, 0.1) is 63.1 Å². The van der Waals surface area contributed by atoms with Gasteiger partial charge in [-0.15, -0.1) is 0 Å². The molecule has 0 spiro atoms. The van der Waals surface area contributed by atoms with Gasteiger partial charge in [-0.1, -0.05) is 48.0 Å². The fourth-order valence-electron chi connectivity index (χ4n) is 12.7. The highest BCUT2D eigenvalue weighted by molar-refractivity contribution is 5.16. The van der Waals surface area contributed by atoms with Gasteiger partial charge in [-0.25, -0.2) is 0 Å². The standard InChI is InChI=1S/C34H61NO3/c1-21(8-12-26(36)30(38)27(37)20-35)22-9-10-24-23(22)14-18-33(5)25(24)11-13-29-32(4)17-7-16-31(2,3)28(32)15-19-34(29,33)6/h21-30,36-38H,7-20,35H2,1-6H3. The van der Waals surface area contributed by atoms with Gasteiger partial charge in [-0.3, -0.25) is 0 Å². The molecule has 4 nitrogen and oxygen atoms in total. The average Bonchev–Trinajstić information content (AvgIpc) is 3.30. The first-order chi connectivity index (χ1) is 17.8. The summed E-state index contributed by atoms with van der Waals surface area (Å²) in [5, 5.41) is 30.4. The largest absolute Gasteiger partial charge is 0.390 e. The highest BCUT2D eigenvalue weighted by Gasteiger charge is 2.68. The first-order valence-electron chi connectivity index (χ1n) is 16.5. The smallest absolute Gasteiger partial charge is 0.107 e. The predicted molar refractivity (Wildman–Crippen MR) is 155 cm³/mol. The topological polar surface area (TPSA) is 86.7 Å². The van der Waals surface area contributed by atoms with Crippen molar-refractivity contribution in [3.05, 3.63) is 0 Å². The molecule has 0 heterocycles. The Morgan fingerprint density at radius 1 is 0.711 bits per heavy atom. The zero-order valence-electron chi connectivity index (χ0n) is 25.6. The summed E-state index contributed by atoms with van der Waals surface area (Å²) >= 11 is 0. The number of hydrogen-bond donors (Lipinski definition) is 4. The van der Waals surface area contributed by atoms with Crippen molar-refractivity contribution in [1.29, 1.82) is 0 Å². The summed E-state index contributed by atoms with van der Waals surface area (Å²) in [6, 6.07) is 0. The predicted octanol–water partition coefficient (Wildman–Crippen LogP) is 6.55.